The van der Waals surface area contributed by atoms with E-state index >= 15 is 0 Å². The summed E-state index contributed by atoms with van der Waals surface area (Å²) >= 11 is 0. The Morgan fingerprint density at radius 3 is 2.27 bits per heavy atom. The second-order valence-electron chi connectivity index (χ2n) is 2.70. The van der Waals surface area contributed by atoms with E-state index in [9.17, 15) is 9.59 Å². The Labute approximate surface area is 87.3 Å². The number of carbonyl (C=O) groups excluding carboxylic acids is 2. The van der Waals surface area contributed by atoms with Crippen molar-refractivity contribution >= 4 is 23.7 Å². The third-order valence-corrected chi connectivity index (χ3v) is 1.75. The summed E-state index contributed by atoms with van der Waals surface area (Å²) in [5, 5.41) is 6.85. The first-order valence-corrected chi connectivity index (χ1v) is 4.26. The number of hydrogen-bond acceptors (Lipinski definition) is 3. The zero-order valence-corrected chi connectivity index (χ0v) is 8.01. The largest absolute Gasteiger partial charge is 0.303 e. The summed E-state index contributed by atoms with van der Waals surface area (Å²) < 4.78 is 0. The molecule has 1 rings (SSSR count). The molecule has 0 aliphatic carbocycles. The quantitative estimate of drug-likeness (QED) is 0.594. The first-order chi connectivity index (χ1) is 7.20. The van der Waals surface area contributed by atoms with Gasteiger partial charge in [0, 0.05) is 0 Å². The molecular weight excluding hydrogens is 192 g/mol. The molecule has 0 spiro atoms. The highest BCUT2D eigenvalue weighted by Gasteiger charge is 2.18. The van der Waals surface area contributed by atoms with E-state index < -0.39 is 11.8 Å². The fourth-order valence-electron chi connectivity index (χ4n) is 1.10. The Balaban J connectivity index is 3.12. The molecule has 0 saturated carbocycles. The van der Waals surface area contributed by atoms with Gasteiger partial charge in [-0.25, -0.2) is 4.90 Å². The lowest BCUT2D eigenvalue weighted by molar-refractivity contribution is -0.120. The molecule has 0 unspecified atom stereocenters. The van der Waals surface area contributed by atoms with Gasteiger partial charge in [0.2, 0.25) is 0 Å². The molecule has 1 aromatic rings. The van der Waals surface area contributed by atoms with Crippen LogP contribution in [-0.4, -0.2) is 18.0 Å². The third-order valence-electron chi connectivity index (χ3n) is 1.75. The van der Waals surface area contributed by atoms with Crippen molar-refractivity contribution in [1.82, 2.24) is 0 Å². The van der Waals surface area contributed by atoms with Gasteiger partial charge >= 0.3 is 0 Å². The maximum atomic E-state index is 11.4. The average Bonchev–Trinajstić information content (AvgIpc) is 2.30. The van der Waals surface area contributed by atoms with Gasteiger partial charge in [-0.2, -0.15) is 0 Å². The standard InChI is InChI=1S/C11H10N2O2/c1-2-10(14)13(11(15)8-12)9-6-4-3-5-7-9/h2-8,12H,1H2. The molecule has 0 heterocycles. The second-order valence-corrected chi connectivity index (χ2v) is 2.70. The molecule has 0 radical (unpaired) electrons. The number of amides is 2. The van der Waals surface area contributed by atoms with Crippen LogP contribution in [0, 0.1) is 5.41 Å². The second kappa shape index (κ2) is 4.85. The van der Waals surface area contributed by atoms with Gasteiger partial charge in [-0.05, 0) is 18.2 Å². The van der Waals surface area contributed by atoms with Crippen molar-refractivity contribution in [3.63, 3.8) is 0 Å². The van der Waals surface area contributed by atoms with Crippen molar-refractivity contribution in [2.24, 2.45) is 0 Å². The minimum atomic E-state index is -0.689. The van der Waals surface area contributed by atoms with E-state index in [-0.39, 0.29) is 0 Å². The zero-order valence-electron chi connectivity index (χ0n) is 8.01. The van der Waals surface area contributed by atoms with Gasteiger partial charge in [-0.3, -0.25) is 9.59 Å². The molecule has 1 aromatic carbocycles. The average molecular weight is 202 g/mol. The molecule has 0 fully saturated rings. The summed E-state index contributed by atoms with van der Waals surface area (Å²) in [6.07, 6.45) is 1.63. The summed E-state index contributed by atoms with van der Waals surface area (Å²) in [5.74, 6) is -1.24. The molecule has 1 N–H and O–H groups in total. The van der Waals surface area contributed by atoms with Crippen molar-refractivity contribution in [2.75, 3.05) is 4.90 Å². The number of hydrogen-bond donors (Lipinski definition) is 1. The number of carbonyl (C=O) groups is 2. The Hall–Kier alpha value is -2.23. The van der Waals surface area contributed by atoms with Gasteiger partial charge in [-0.15, -0.1) is 0 Å². The minimum absolute atomic E-state index is 0.427. The lowest BCUT2D eigenvalue weighted by Gasteiger charge is -2.16. The monoisotopic (exact) mass is 202 g/mol. The maximum Gasteiger partial charge on any atom is 0.275 e. The van der Waals surface area contributed by atoms with E-state index in [4.69, 9.17) is 5.41 Å². The smallest absolute Gasteiger partial charge is 0.275 e. The van der Waals surface area contributed by atoms with E-state index in [0.717, 1.165) is 11.0 Å². The van der Waals surface area contributed by atoms with E-state index in [2.05, 4.69) is 6.58 Å². The number of nitrogens with zero attached hydrogens (tertiary/aromatic N) is 1. The fraction of sp³-hybridized carbons (Fsp3) is 0. The molecule has 0 atom stereocenters. The minimum Gasteiger partial charge on any atom is -0.303 e. The van der Waals surface area contributed by atoms with Crippen LogP contribution >= 0.6 is 0 Å². The van der Waals surface area contributed by atoms with E-state index in [1.807, 2.05) is 0 Å². The molecule has 0 saturated heterocycles. The molecule has 4 nitrogen and oxygen atoms in total. The number of rotatable bonds is 3. The molecule has 76 valence electrons. The normalized spacial score (nSPS) is 9.07. The van der Waals surface area contributed by atoms with Crippen LogP contribution in [0.1, 0.15) is 0 Å². The van der Waals surface area contributed by atoms with Crippen LogP contribution in [0.2, 0.25) is 0 Å². The highest BCUT2D eigenvalue weighted by Crippen LogP contribution is 2.13. The molecule has 0 aromatic heterocycles. The first kappa shape index (κ1) is 10.8. The fourth-order valence-corrected chi connectivity index (χ4v) is 1.10. The van der Waals surface area contributed by atoms with Crippen LogP contribution in [0.25, 0.3) is 0 Å². The van der Waals surface area contributed by atoms with Crippen LogP contribution in [-0.2, 0) is 9.59 Å². The van der Waals surface area contributed by atoms with E-state index in [0.29, 0.717) is 11.9 Å². The van der Waals surface area contributed by atoms with Crippen LogP contribution in [0.15, 0.2) is 43.0 Å². The van der Waals surface area contributed by atoms with Crippen LogP contribution in [0.5, 0.6) is 0 Å². The van der Waals surface area contributed by atoms with Gasteiger partial charge in [0.15, 0.2) is 0 Å². The first-order valence-electron chi connectivity index (χ1n) is 4.26. The van der Waals surface area contributed by atoms with Crippen molar-refractivity contribution in [3.05, 3.63) is 43.0 Å². The molecule has 0 aliphatic rings. The van der Waals surface area contributed by atoms with E-state index in [1.54, 1.807) is 30.3 Å². The SMILES string of the molecule is C=CC(=O)N(C(=O)C=N)c1ccccc1. The zero-order chi connectivity index (χ0) is 11.3. The summed E-state index contributed by atoms with van der Waals surface area (Å²) in [6, 6.07) is 8.41. The van der Waals surface area contributed by atoms with Crippen molar-refractivity contribution in [2.45, 2.75) is 0 Å². The number of nitrogens with one attached hydrogen (secondary N) is 1. The highest BCUT2D eigenvalue weighted by atomic mass is 16.2. The molecule has 15 heavy (non-hydrogen) atoms. The van der Waals surface area contributed by atoms with Gasteiger partial charge in [0.25, 0.3) is 11.8 Å². The molecule has 4 heteroatoms. The Morgan fingerprint density at radius 2 is 1.80 bits per heavy atom. The Kier molecular flexibility index (Phi) is 3.51. The predicted octanol–water partition coefficient (Wildman–Crippen LogP) is 1.38. The molecular formula is C11H10N2O2. The summed E-state index contributed by atoms with van der Waals surface area (Å²) in [5.41, 5.74) is 0.427. The number of para-hydroxylation sites is 1. The topological polar surface area (TPSA) is 61.2 Å². The maximum absolute atomic E-state index is 11.4. The van der Waals surface area contributed by atoms with Gasteiger partial charge in [0.05, 0.1) is 11.9 Å². The molecule has 2 amide bonds. The van der Waals surface area contributed by atoms with Crippen LogP contribution in [0.4, 0.5) is 5.69 Å². The lowest BCUT2D eigenvalue weighted by Crippen LogP contribution is -2.36. The van der Waals surface area contributed by atoms with Gasteiger partial charge in [0.1, 0.15) is 0 Å². The number of benzene rings is 1. The third kappa shape index (κ3) is 2.37. The Bertz CT molecular complexity index is 378. The van der Waals surface area contributed by atoms with Crippen molar-refractivity contribution in [3.8, 4) is 0 Å². The van der Waals surface area contributed by atoms with Crippen LogP contribution in [0.3, 0.4) is 0 Å². The number of imide groups is 1. The van der Waals surface area contributed by atoms with Crippen molar-refractivity contribution < 1.29 is 9.59 Å². The Morgan fingerprint density at radius 1 is 1.20 bits per heavy atom. The van der Waals surface area contributed by atoms with E-state index in [1.165, 1.54) is 0 Å². The lowest BCUT2D eigenvalue weighted by atomic mass is 10.2. The van der Waals surface area contributed by atoms with Gasteiger partial charge in [-0.1, -0.05) is 24.8 Å². The molecule has 0 aliphatic heterocycles. The molecule has 0 bridgehead atoms. The van der Waals surface area contributed by atoms with Gasteiger partial charge < -0.3 is 5.41 Å². The number of anilines is 1. The van der Waals surface area contributed by atoms with Crippen molar-refractivity contribution in [1.29, 1.82) is 5.41 Å². The summed E-state index contributed by atoms with van der Waals surface area (Å²) in [7, 11) is 0. The summed E-state index contributed by atoms with van der Waals surface area (Å²) in [6.45, 7) is 3.31. The van der Waals surface area contributed by atoms with Crippen LogP contribution < -0.4 is 4.90 Å². The predicted molar refractivity (Wildman–Crippen MR) is 57.9 cm³/mol. The summed E-state index contributed by atoms with van der Waals surface area (Å²) in [4.78, 5) is 23.6. The highest BCUT2D eigenvalue weighted by molar-refractivity contribution is 6.39.